The molecule has 0 spiro atoms. The fourth-order valence-corrected chi connectivity index (χ4v) is 2.68. The van der Waals surface area contributed by atoms with Crippen LogP contribution in [0.1, 0.15) is 18.6 Å². The molecular formula is C10H15NO5S. The van der Waals surface area contributed by atoms with Gasteiger partial charge in [0.1, 0.15) is 12.4 Å². The molecule has 96 valence electrons. The Bertz CT molecular complexity index is 461. The zero-order valence-corrected chi connectivity index (χ0v) is 10.1. The van der Waals surface area contributed by atoms with E-state index in [1.165, 1.54) is 12.1 Å². The lowest BCUT2D eigenvalue weighted by Gasteiger charge is -2.09. The van der Waals surface area contributed by atoms with Gasteiger partial charge in [-0.1, -0.05) is 0 Å². The molecule has 1 saturated heterocycles. The summed E-state index contributed by atoms with van der Waals surface area (Å²) in [5, 5.41) is 8.61. The van der Waals surface area contributed by atoms with Crippen LogP contribution in [0.5, 0.6) is 0 Å². The second kappa shape index (κ2) is 5.18. The zero-order valence-electron chi connectivity index (χ0n) is 9.26. The van der Waals surface area contributed by atoms with Crippen molar-refractivity contribution in [3.05, 3.63) is 17.9 Å². The van der Waals surface area contributed by atoms with Gasteiger partial charge >= 0.3 is 0 Å². The van der Waals surface area contributed by atoms with Gasteiger partial charge in [-0.2, -0.15) is 0 Å². The van der Waals surface area contributed by atoms with Crippen molar-refractivity contribution in [3.8, 4) is 0 Å². The summed E-state index contributed by atoms with van der Waals surface area (Å²) in [5.74, 6) is 0.225. The van der Waals surface area contributed by atoms with Gasteiger partial charge in [-0.3, -0.25) is 0 Å². The van der Waals surface area contributed by atoms with Crippen LogP contribution in [0.2, 0.25) is 0 Å². The number of hydrogen-bond donors (Lipinski definition) is 2. The van der Waals surface area contributed by atoms with E-state index >= 15 is 0 Å². The van der Waals surface area contributed by atoms with Crippen LogP contribution in [-0.2, 0) is 21.4 Å². The van der Waals surface area contributed by atoms with Crippen LogP contribution < -0.4 is 4.72 Å². The summed E-state index contributed by atoms with van der Waals surface area (Å²) in [6.45, 7) is 0.612. The molecule has 2 N–H and O–H groups in total. The van der Waals surface area contributed by atoms with E-state index in [0.717, 1.165) is 12.8 Å². The van der Waals surface area contributed by atoms with Gasteiger partial charge in [0.15, 0.2) is 0 Å². The summed E-state index contributed by atoms with van der Waals surface area (Å²) in [6, 6.07) is 2.75. The summed E-state index contributed by atoms with van der Waals surface area (Å²) >= 11 is 0. The molecule has 1 fully saturated rings. The second-order valence-electron chi connectivity index (χ2n) is 3.87. The number of ether oxygens (including phenoxy) is 1. The van der Waals surface area contributed by atoms with E-state index < -0.39 is 10.0 Å². The molecular weight excluding hydrogens is 246 g/mol. The molecule has 0 bridgehead atoms. The monoisotopic (exact) mass is 261 g/mol. The third-order valence-corrected chi connectivity index (χ3v) is 3.88. The smallest absolute Gasteiger partial charge is 0.274 e. The molecule has 2 heterocycles. The van der Waals surface area contributed by atoms with Gasteiger partial charge < -0.3 is 14.3 Å². The molecule has 1 aliphatic rings. The van der Waals surface area contributed by atoms with Gasteiger partial charge in [0, 0.05) is 13.2 Å². The lowest BCUT2D eigenvalue weighted by Crippen LogP contribution is -2.31. The van der Waals surface area contributed by atoms with Crippen LogP contribution in [0.25, 0.3) is 0 Å². The number of furan rings is 1. The Hall–Kier alpha value is -0.890. The Kier molecular flexibility index (Phi) is 3.82. The Morgan fingerprint density at radius 3 is 2.88 bits per heavy atom. The van der Waals surface area contributed by atoms with Crippen molar-refractivity contribution in [2.45, 2.75) is 30.6 Å². The van der Waals surface area contributed by atoms with Crippen molar-refractivity contribution < 1.29 is 22.7 Å². The van der Waals surface area contributed by atoms with Crippen molar-refractivity contribution >= 4 is 10.0 Å². The lowest BCUT2D eigenvalue weighted by molar-refractivity contribution is 0.114. The quantitative estimate of drug-likeness (QED) is 0.792. The second-order valence-corrected chi connectivity index (χ2v) is 5.56. The Balaban J connectivity index is 1.97. The highest BCUT2D eigenvalue weighted by molar-refractivity contribution is 7.89. The average molecular weight is 261 g/mol. The molecule has 6 nitrogen and oxygen atoms in total. The molecule has 7 heteroatoms. The molecule has 0 amide bonds. The van der Waals surface area contributed by atoms with E-state index in [1.807, 2.05) is 0 Å². The maximum Gasteiger partial charge on any atom is 0.274 e. The first-order chi connectivity index (χ1) is 8.12. The molecule has 0 saturated carbocycles. The van der Waals surface area contributed by atoms with Gasteiger partial charge in [-0.05, 0) is 25.0 Å². The minimum Gasteiger partial charge on any atom is -0.446 e. The van der Waals surface area contributed by atoms with Crippen LogP contribution >= 0.6 is 0 Å². The summed E-state index contributed by atoms with van der Waals surface area (Å²) in [4.78, 5) is 0. The Morgan fingerprint density at radius 2 is 2.29 bits per heavy atom. The minimum atomic E-state index is -3.64. The molecule has 1 aliphatic heterocycles. The number of sulfonamides is 1. The van der Waals surface area contributed by atoms with E-state index in [-0.39, 0.29) is 30.1 Å². The number of aliphatic hydroxyl groups excluding tert-OH is 1. The molecule has 1 atom stereocenters. The molecule has 0 aliphatic carbocycles. The van der Waals surface area contributed by atoms with Gasteiger partial charge in [0.25, 0.3) is 10.0 Å². The first-order valence-corrected chi connectivity index (χ1v) is 6.91. The zero-order chi connectivity index (χ0) is 12.3. The first-order valence-electron chi connectivity index (χ1n) is 5.42. The van der Waals surface area contributed by atoms with Crippen molar-refractivity contribution in [1.29, 1.82) is 0 Å². The highest BCUT2D eigenvalue weighted by Crippen LogP contribution is 2.15. The molecule has 17 heavy (non-hydrogen) atoms. The van der Waals surface area contributed by atoms with Crippen LogP contribution in [0.4, 0.5) is 0 Å². The normalized spacial score (nSPS) is 20.9. The van der Waals surface area contributed by atoms with Crippen LogP contribution in [-0.4, -0.2) is 32.8 Å². The maximum atomic E-state index is 11.8. The van der Waals surface area contributed by atoms with Crippen molar-refractivity contribution in [2.75, 3.05) is 13.2 Å². The van der Waals surface area contributed by atoms with Crippen molar-refractivity contribution in [2.24, 2.45) is 0 Å². The topological polar surface area (TPSA) is 88.8 Å². The van der Waals surface area contributed by atoms with E-state index in [4.69, 9.17) is 14.3 Å². The Labute approximate surface area is 99.6 Å². The average Bonchev–Trinajstić information content (AvgIpc) is 2.98. The molecule has 1 aromatic heterocycles. The van der Waals surface area contributed by atoms with Crippen molar-refractivity contribution in [3.63, 3.8) is 0 Å². The molecule has 0 aromatic carbocycles. The van der Waals surface area contributed by atoms with E-state index in [0.29, 0.717) is 6.61 Å². The standard InChI is InChI=1S/C10H15NO5S/c12-7-9-3-4-10(16-9)17(13,14)11-6-8-2-1-5-15-8/h3-4,8,11-12H,1-2,5-7H2. The predicted octanol–water partition coefficient (Wildman–Crippen LogP) is 0.229. The number of hydrogen-bond acceptors (Lipinski definition) is 5. The minimum absolute atomic E-state index is 0.0583. The first kappa shape index (κ1) is 12.6. The third-order valence-electron chi connectivity index (χ3n) is 2.58. The summed E-state index contributed by atoms with van der Waals surface area (Å²) < 4.78 is 36.3. The third kappa shape index (κ3) is 3.06. The summed E-state index contributed by atoms with van der Waals surface area (Å²) in [7, 11) is -3.64. The predicted molar refractivity (Wildman–Crippen MR) is 58.8 cm³/mol. The highest BCUT2D eigenvalue weighted by atomic mass is 32.2. The molecule has 2 rings (SSSR count). The fourth-order valence-electron chi connectivity index (χ4n) is 1.67. The molecule has 0 radical (unpaired) electrons. The largest absolute Gasteiger partial charge is 0.446 e. The maximum absolute atomic E-state index is 11.8. The fraction of sp³-hybridized carbons (Fsp3) is 0.600. The SMILES string of the molecule is O=S(=O)(NCC1CCCO1)c1ccc(CO)o1. The van der Waals surface area contributed by atoms with E-state index in [9.17, 15) is 8.42 Å². The van der Waals surface area contributed by atoms with Crippen molar-refractivity contribution in [1.82, 2.24) is 4.72 Å². The van der Waals surface area contributed by atoms with E-state index in [1.54, 1.807) is 0 Å². The van der Waals surface area contributed by atoms with Crippen LogP contribution in [0, 0.1) is 0 Å². The Morgan fingerprint density at radius 1 is 1.47 bits per heavy atom. The summed E-state index contributed by atoms with van der Waals surface area (Å²) in [5.41, 5.74) is 0. The number of nitrogens with one attached hydrogen (secondary N) is 1. The van der Waals surface area contributed by atoms with E-state index in [2.05, 4.69) is 4.72 Å². The highest BCUT2D eigenvalue weighted by Gasteiger charge is 2.22. The number of rotatable bonds is 5. The molecule has 1 unspecified atom stereocenters. The van der Waals surface area contributed by atoms with Gasteiger partial charge in [-0.25, -0.2) is 13.1 Å². The van der Waals surface area contributed by atoms with Gasteiger partial charge in [0.05, 0.1) is 6.10 Å². The van der Waals surface area contributed by atoms with Gasteiger partial charge in [-0.15, -0.1) is 0 Å². The molecule has 1 aromatic rings. The van der Waals surface area contributed by atoms with Gasteiger partial charge in [0.2, 0.25) is 5.09 Å². The van der Waals surface area contributed by atoms with Crippen LogP contribution in [0.3, 0.4) is 0 Å². The number of aliphatic hydroxyl groups is 1. The lowest BCUT2D eigenvalue weighted by atomic mass is 10.2. The van der Waals surface area contributed by atoms with Crippen LogP contribution in [0.15, 0.2) is 21.6 Å². The summed E-state index contributed by atoms with van der Waals surface area (Å²) in [6.07, 6.45) is 1.77.